The van der Waals surface area contributed by atoms with Crippen LogP contribution >= 0.6 is 0 Å². The number of nitrogens with one attached hydrogen (secondary N) is 3. The van der Waals surface area contributed by atoms with Crippen LogP contribution in [0, 0.1) is 12.7 Å². The fourth-order valence-corrected chi connectivity index (χ4v) is 5.14. The van der Waals surface area contributed by atoms with Gasteiger partial charge in [-0.1, -0.05) is 24.3 Å². The number of carbonyl (C=O) groups is 1. The molecule has 0 saturated heterocycles. The van der Waals surface area contributed by atoms with Gasteiger partial charge in [0.25, 0.3) is 11.3 Å². The zero-order valence-corrected chi connectivity index (χ0v) is 25.5. The van der Waals surface area contributed by atoms with E-state index in [1.165, 1.54) is 26.4 Å². The molecule has 45 heavy (non-hydrogen) atoms. The van der Waals surface area contributed by atoms with E-state index in [0.29, 0.717) is 40.5 Å². The number of aromatic nitrogens is 2. The number of rotatable bonds is 12. The lowest BCUT2D eigenvalue weighted by atomic mass is 10.1. The smallest absolute Gasteiger partial charge is 0.268 e. The van der Waals surface area contributed by atoms with Gasteiger partial charge in [0, 0.05) is 36.1 Å². The maximum Gasteiger partial charge on any atom is 0.268 e. The molecule has 0 spiro atoms. The molecule has 4 aromatic carbocycles. The topological polar surface area (TPSA) is 138 Å². The number of methoxy groups -OCH3 is 2. The molecule has 11 nitrogen and oxygen atoms in total. The summed E-state index contributed by atoms with van der Waals surface area (Å²) in [6.45, 7) is 2.14. The van der Waals surface area contributed by atoms with Crippen molar-refractivity contribution in [2.24, 2.45) is 0 Å². The van der Waals surface area contributed by atoms with Gasteiger partial charge >= 0.3 is 0 Å². The highest BCUT2D eigenvalue weighted by Crippen LogP contribution is 2.36. The molecule has 1 unspecified atom stereocenters. The number of aryl methyl sites for hydroxylation is 1. The van der Waals surface area contributed by atoms with Gasteiger partial charge in [-0.3, -0.25) is 9.35 Å². The predicted molar refractivity (Wildman–Crippen MR) is 173 cm³/mol. The molecule has 0 saturated carbocycles. The van der Waals surface area contributed by atoms with Crippen molar-refractivity contribution in [3.63, 3.8) is 0 Å². The second-order valence-electron chi connectivity index (χ2n) is 9.91. The zero-order valence-electron chi connectivity index (χ0n) is 24.7. The van der Waals surface area contributed by atoms with E-state index >= 15 is 0 Å². The van der Waals surface area contributed by atoms with E-state index in [4.69, 9.17) is 14.5 Å². The van der Waals surface area contributed by atoms with Crippen LogP contribution in [-0.2, 0) is 22.6 Å². The molecular formula is C32H31FN6O5S. The monoisotopic (exact) mass is 630 g/mol. The predicted octanol–water partition coefficient (Wildman–Crippen LogP) is 5.84. The van der Waals surface area contributed by atoms with Gasteiger partial charge in [0.15, 0.2) is 11.6 Å². The fourth-order valence-electron chi connectivity index (χ4n) is 4.58. The van der Waals surface area contributed by atoms with Gasteiger partial charge in [-0.2, -0.15) is 0 Å². The van der Waals surface area contributed by atoms with E-state index in [0.717, 1.165) is 15.4 Å². The molecule has 0 radical (unpaired) electrons. The van der Waals surface area contributed by atoms with Crippen LogP contribution < -0.4 is 29.7 Å². The van der Waals surface area contributed by atoms with Crippen molar-refractivity contribution >= 4 is 56.9 Å². The first kappa shape index (κ1) is 31.3. The first-order valence-corrected chi connectivity index (χ1v) is 14.8. The third-order valence-corrected chi connectivity index (χ3v) is 7.49. The summed E-state index contributed by atoms with van der Waals surface area (Å²) in [6.07, 6.45) is 0. The summed E-state index contributed by atoms with van der Waals surface area (Å²) in [5.41, 5.74) is 3.92. The van der Waals surface area contributed by atoms with Crippen LogP contribution in [0.1, 0.15) is 11.1 Å². The van der Waals surface area contributed by atoms with Crippen LogP contribution in [0.4, 0.5) is 33.1 Å². The van der Waals surface area contributed by atoms with E-state index in [-0.39, 0.29) is 35.6 Å². The summed E-state index contributed by atoms with van der Waals surface area (Å²) < 4.78 is 48.9. The molecule has 0 aliphatic rings. The molecule has 0 bridgehead atoms. The number of nitrogens with zero attached hydrogens (tertiary/aromatic N) is 3. The zero-order chi connectivity index (χ0) is 31.9. The number of hydrogen-bond donors (Lipinski definition) is 4. The minimum atomic E-state index is -2.59. The van der Waals surface area contributed by atoms with Crippen molar-refractivity contribution in [2.45, 2.75) is 13.5 Å². The molecule has 13 heteroatoms. The van der Waals surface area contributed by atoms with Gasteiger partial charge in [-0.05, 0) is 60.5 Å². The molecule has 5 rings (SSSR count). The fraction of sp³-hybridized carbons (Fsp3) is 0.156. The number of benzene rings is 4. The molecule has 1 amide bonds. The Morgan fingerprint density at radius 1 is 0.911 bits per heavy atom. The second-order valence-corrected chi connectivity index (χ2v) is 10.7. The summed E-state index contributed by atoms with van der Waals surface area (Å²) >= 11 is -2.59. The molecule has 4 N–H and O–H groups in total. The van der Waals surface area contributed by atoms with Crippen LogP contribution in [-0.4, -0.2) is 45.4 Å². The summed E-state index contributed by atoms with van der Waals surface area (Å²) in [7, 11) is 3.06. The van der Waals surface area contributed by atoms with Crippen LogP contribution in [0.3, 0.4) is 0 Å². The minimum Gasteiger partial charge on any atom is -0.497 e. The second kappa shape index (κ2) is 14.1. The number of anilines is 5. The van der Waals surface area contributed by atoms with Crippen LogP contribution in [0.25, 0.3) is 11.0 Å². The van der Waals surface area contributed by atoms with Gasteiger partial charge in [-0.15, -0.1) is 0 Å². The van der Waals surface area contributed by atoms with E-state index in [9.17, 15) is 17.9 Å². The van der Waals surface area contributed by atoms with Crippen molar-refractivity contribution in [3.8, 4) is 11.5 Å². The Morgan fingerprint density at radius 2 is 1.62 bits per heavy atom. The molecular weight excluding hydrogens is 599 g/mol. The average molecular weight is 631 g/mol. The van der Waals surface area contributed by atoms with E-state index in [1.54, 1.807) is 66.7 Å². The van der Waals surface area contributed by atoms with Crippen LogP contribution in [0.2, 0.25) is 0 Å². The quantitative estimate of drug-likeness (QED) is 0.125. The Morgan fingerprint density at radius 3 is 2.31 bits per heavy atom. The third-order valence-electron chi connectivity index (χ3n) is 6.79. The Kier molecular flexibility index (Phi) is 9.82. The Labute approximate surface area is 261 Å². The van der Waals surface area contributed by atoms with Crippen molar-refractivity contribution in [1.29, 1.82) is 0 Å². The lowest BCUT2D eigenvalue weighted by molar-refractivity contribution is -0.115. The third kappa shape index (κ3) is 7.70. The minimum absolute atomic E-state index is 0.0377. The van der Waals surface area contributed by atoms with Gasteiger partial charge in [0.05, 0.1) is 37.5 Å². The number of ether oxygens (including phenoxy) is 2. The van der Waals surface area contributed by atoms with Crippen molar-refractivity contribution in [1.82, 2.24) is 15.3 Å². The Hall–Kier alpha value is -5.11. The molecule has 1 atom stereocenters. The maximum atomic E-state index is 13.6. The molecule has 1 heterocycles. The molecule has 0 aliphatic heterocycles. The lowest BCUT2D eigenvalue weighted by Gasteiger charge is -2.23. The number of para-hydroxylation sites is 2. The first-order valence-electron chi connectivity index (χ1n) is 13.8. The SMILES string of the molecule is COc1cc(Nc2nc3ccccc3nc2N(c2cccc(NC(=O)CNCc3cc(F)ccc3C)c2)S(=O)O)cc(OC)c1. The summed E-state index contributed by atoms with van der Waals surface area (Å²) in [5, 5.41) is 8.99. The summed E-state index contributed by atoms with van der Waals surface area (Å²) in [6, 6.07) is 23.3. The number of carbonyl (C=O) groups excluding carboxylic acids is 1. The van der Waals surface area contributed by atoms with Crippen molar-refractivity contribution < 1.29 is 27.4 Å². The van der Waals surface area contributed by atoms with Gasteiger partial charge in [-0.25, -0.2) is 22.9 Å². The number of amides is 1. The molecule has 1 aromatic heterocycles. The Bertz CT molecular complexity index is 1850. The Balaban J connectivity index is 1.42. The maximum absolute atomic E-state index is 13.6. The average Bonchev–Trinajstić information content (AvgIpc) is 3.02. The largest absolute Gasteiger partial charge is 0.497 e. The van der Waals surface area contributed by atoms with Gasteiger partial charge in [0.2, 0.25) is 5.91 Å². The molecule has 232 valence electrons. The molecule has 5 aromatic rings. The summed E-state index contributed by atoms with van der Waals surface area (Å²) in [5.74, 6) is 0.613. The normalized spacial score (nSPS) is 11.6. The lowest BCUT2D eigenvalue weighted by Crippen LogP contribution is -2.28. The van der Waals surface area contributed by atoms with Gasteiger partial charge in [0.1, 0.15) is 17.3 Å². The number of halogens is 1. The number of fused-ring (bicyclic) bond motifs is 1. The summed E-state index contributed by atoms with van der Waals surface area (Å²) in [4.78, 5) is 22.1. The number of hydrogen-bond acceptors (Lipinski definition) is 8. The highest BCUT2D eigenvalue weighted by molar-refractivity contribution is 7.81. The first-order chi connectivity index (χ1) is 21.7. The van der Waals surface area contributed by atoms with Crippen LogP contribution in [0.15, 0.2) is 84.9 Å². The van der Waals surface area contributed by atoms with E-state index in [2.05, 4.69) is 20.9 Å². The van der Waals surface area contributed by atoms with Crippen molar-refractivity contribution in [2.75, 3.05) is 35.7 Å². The standard InChI is InChI=1S/C32H31FN6O5S/c1-20-11-12-22(33)13-21(20)18-34-19-30(40)35-23-7-6-8-25(14-23)39(45(41)42)32-31(37-28-9-4-5-10-29(28)38-32)36-24-15-26(43-2)17-27(16-24)44-3/h4-17,34H,18-19H2,1-3H3,(H,35,40)(H,36,37)(H,41,42). The molecule has 0 fully saturated rings. The highest BCUT2D eigenvalue weighted by Gasteiger charge is 2.24. The van der Waals surface area contributed by atoms with E-state index in [1.807, 2.05) is 13.0 Å². The molecule has 0 aliphatic carbocycles. The van der Waals surface area contributed by atoms with Crippen LogP contribution in [0.5, 0.6) is 11.5 Å². The van der Waals surface area contributed by atoms with Crippen molar-refractivity contribution in [3.05, 3.63) is 102 Å². The van der Waals surface area contributed by atoms with Gasteiger partial charge < -0.3 is 25.4 Å². The van der Waals surface area contributed by atoms with E-state index < -0.39 is 11.3 Å². The highest BCUT2D eigenvalue weighted by atomic mass is 32.2.